The predicted octanol–water partition coefficient (Wildman–Crippen LogP) is 4.16. The van der Waals surface area contributed by atoms with E-state index in [0.717, 1.165) is 23.7 Å². The van der Waals surface area contributed by atoms with Crippen molar-refractivity contribution in [3.05, 3.63) is 105 Å². The second-order valence-electron chi connectivity index (χ2n) is 6.96. The molecule has 0 saturated carbocycles. The van der Waals surface area contributed by atoms with Gasteiger partial charge in [0.1, 0.15) is 10.0 Å². The summed E-state index contributed by atoms with van der Waals surface area (Å²) in [6.45, 7) is 0. The van der Waals surface area contributed by atoms with E-state index in [1.54, 1.807) is 36.5 Å². The molecule has 1 N–H and O–H groups in total. The van der Waals surface area contributed by atoms with Gasteiger partial charge in [0.2, 0.25) is 12.4 Å². The van der Waals surface area contributed by atoms with Crippen LogP contribution in [0.5, 0.6) is 0 Å². The first kappa shape index (κ1) is 21.4. The molecule has 9 heteroatoms. The van der Waals surface area contributed by atoms with Gasteiger partial charge >= 0.3 is 0 Å². The van der Waals surface area contributed by atoms with Crippen LogP contribution in [0.3, 0.4) is 0 Å². The molecule has 0 aliphatic rings. The highest BCUT2D eigenvalue weighted by molar-refractivity contribution is 6.49. The SMILES string of the molecule is N#Cc1ccc(Cc2cc(C(=O)C(=O)Nc3c(Cl)c[n+]([O-])cc3Cl)c3ccccn23)cc1. The molecule has 7 nitrogen and oxygen atoms in total. The van der Waals surface area contributed by atoms with Crippen LogP contribution in [-0.2, 0) is 11.2 Å². The number of nitrogens with zero attached hydrogens (tertiary/aromatic N) is 3. The molecular formula is C23H14Cl2N4O3. The van der Waals surface area contributed by atoms with E-state index in [1.807, 2.05) is 22.6 Å². The van der Waals surface area contributed by atoms with Gasteiger partial charge in [-0.25, -0.2) is 0 Å². The smallest absolute Gasteiger partial charge is 0.296 e. The van der Waals surface area contributed by atoms with Crippen LogP contribution in [0, 0.1) is 16.5 Å². The maximum absolute atomic E-state index is 13.0. The first-order valence-corrected chi connectivity index (χ1v) is 10.1. The summed E-state index contributed by atoms with van der Waals surface area (Å²) >= 11 is 12.0. The number of carbonyl (C=O) groups is 2. The fourth-order valence-electron chi connectivity index (χ4n) is 3.36. The van der Waals surface area contributed by atoms with E-state index < -0.39 is 11.7 Å². The van der Waals surface area contributed by atoms with Gasteiger partial charge in [-0.1, -0.05) is 41.4 Å². The molecule has 0 bridgehead atoms. The summed E-state index contributed by atoms with van der Waals surface area (Å²) in [7, 11) is 0. The molecule has 3 heterocycles. The minimum Gasteiger partial charge on any atom is -0.619 e. The number of Topliss-reactive ketones (excluding diaryl/α,β-unsaturated/α-hetero) is 1. The van der Waals surface area contributed by atoms with E-state index >= 15 is 0 Å². The molecule has 0 aliphatic heterocycles. The summed E-state index contributed by atoms with van der Waals surface area (Å²) in [5.41, 5.74) is 3.07. The molecule has 0 unspecified atom stereocenters. The Balaban J connectivity index is 1.66. The summed E-state index contributed by atoms with van der Waals surface area (Å²) in [4.78, 5) is 25.7. The zero-order chi connectivity index (χ0) is 22.8. The summed E-state index contributed by atoms with van der Waals surface area (Å²) in [5, 5.41) is 22.6. The largest absolute Gasteiger partial charge is 0.619 e. The average Bonchev–Trinajstić information content (AvgIpc) is 3.14. The molecule has 4 aromatic rings. The lowest BCUT2D eigenvalue weighted by molar-refractivity contribution is -0.605. The highest BCUT2D eigenvalue weighted by Gasteiger charge is 2.24. The Morgan fingerprint density at radius 3 is 2.44 bits per heavy atom. The first-order chi connectivity index (χ1) is 15.4. The summed E-state index contributed by atoms with van der Waals surface area (Å²) in [6, 6.07) is 16.2. The van der Waals surface area contributed by atoms with Crippen LogP contribution in [0.2, 0.25) is 10.0 Å². The lowest BCUT2D eigenvalue weighted by atomic mass is 10.1. The van der Waals surface area contributed by atoms with Gasteiger partial charge in [-0.05, 0) is 35.9 Å². The van der Waals surface area contributed by atoms with Crippen molar-refractivity contribution in [3.63, 3.8) is 0 Å². The van der Waals surface area contributed by atoms with Gasteiger partial charge in [-0.15, -0.1) is 0 Å². The second kappa shape index (κ2) is 8.71. The van der Waals surface area contributed by atoms with Gasteiger partial charge in [0.15, 0.2) is 0 Å². The van der Waals surface area contributed by atoms with Crippen LogP contribution in [0.1, 0.15) is 27.2 Å². The quantitative estimate of drug-likeness (QED) is 0.207. The number of ketones is 1. The Morgan fingerprint density at radius 2 is 1.78 bits per heavy atom. The van der Waals surface area contributed by atoms with Crippen molar-refractivity contribution in [3.8, 4) is 6.07 Å². The first-order valence-electron chi connectivity index (χ1n) is 9.39. The number of aromatic nitrogens is 2. The molecule has 0 saturated heterocycles. The van der Waals surface area contributed by atoms with Crippen LogP contribution in [0.15, 0.2) is 67.1 Å². The molecule has 1 aromatic carbocycles. The maximum atomic E-state index is 13.0. The molecule has 0 atom stereocenters. The van der Waals surface area contributed by atoms with E-state index in [4.69, 9.17) is 28.5 Å². The number of benzene rings is 1. The third kappa shape index (κ3) is 4.14. The number of carbonyl (C=O) groups excluding carboxylic acids is 2. The number of amides is 1. The van der Waals surface area contributed by atoms with E-state index in [9.17, 15) is 14.8 Å². The van der Waals surface area contributed by atoms with Crippen molar-refractivity contribution in [1.82, 2.24) is 4.40 Å². The number of nitriles is 1. The molecule has 1 amide bonds. The van der Waals surface area contributed by atoms with E-state index in [1.165, 1.54) is 0 Å². The number of fused-ring (bicyclic) bond motifs is 1. The molecule has 158 valence electrons. The number of pyridine rings is 2. The van der Waals surface area contributed by atoms with Crippen LogP contribution >= 0.6 is 23.2 Å². The highest BCUT2D eigenvalue weighted by atomic mass is 35.5. The van der Waals surface area contributed by atoms with Gasteiger partial charge < -0.3 is 14.9 Å². The van der Waals surface area contributed by atoms with Crippen LogP contribution in [-0.4, -0.2) is 16.1 Å². The van der Waals surface area contributed by atoms with Crippen molar-refractivity contribution in [1.29, 1.82) is 5.26 Å². The lowest BCUT2D eigenvalue weighted by Crippen LogP contribution is -2.27. The standard InChI is InChI=1S/C23H14Cl2N4O3/c24-18-12-28(32)13-19(25)21(18)27-23(31)22(30)17-10-16(29-8-2-1-3-20(17)29)9-14-4-6-15(11-26)7-5-14/h1-8,10,12-13H,9H2,(H,27,31). The maximum Gasteiger partial charge on any atom is 0.296 e. The van der Waals surface area contributed by atoms with E-state index in [2.05, 4.69) is 11.4 Å². The van der Waals surface area contributed by atoms with Gasteiger partial charge in [0.25, 0.3) is 11.7 Å². The average molecular weight is 465 g/mol. The number of nitrogens with one attached hydrogen (secondary N) is 1. The van der Waals surface area contributed by atoms with Crippen molar-refractivity contribution >= 4 is 46.1 Å². The van der Waals surface area contributed by atoms with Gasteiger partial charge in [-0.2, -0.15) is 9.99 Å². The molecular weight excluding hydrogens is 451 g/mol. The van der Waals surface area contributed by atoms with Gasteiger partial charge in [0, 0.05) is 18.3 Å². The van der Waals surface area contributed by atoms with Crippen LogP contribution in [0.4, 0.5) is 5.69 Å². The summed E-state index contributed by atoms with van der Waals surface area (Å²) in [6.07, 6.45) is 4.35. The molecule has 0 fully saturated rings. The number of hydrogen-bond acceptors (Lipinski definition) is 4. The summed E-state index contributed by atoms with van der Waals surface area (Å²) in [5.74, 6) is -1.70. The van der Waals surface area contributed by atoms with E-state index in [0.29, 0.717) is 22.2 Å². The number of anilines is 1. The third-order valence-corrected chi connectivity index (χ3v) is 5.45. The number of halogens is 2. The third-order valence-electron chi connectivity index (χ3n) is 4.87. The molecule has 0 radical (unpaired) electrons. The number of hydrogen-bond donors (Lipinski definition) is 1. The predicted molar refractivity (Wildman–Crippen MR) is 120 cm³/mol. The lowest BCUT2D eigenvalue weighted by Gasteiger charge is -2.08. The Bertz CT molecular complexity index is 1380. The molecule has 3 aromatic heterocycles. The molecule has 0 aliphatic carbocycles. The Hall–Kier alpha value is -3.86. The van der Waals surface area contributed by atoms with Gasteiger partial charge in [-0.3, -0.25) is 9.59 Å². The fraction of sp³-hybridized carbons (Fsp3) is 0.0435. The highest BCUT2D eigenvalue weighted by Crippen LogP contribution is 2.28. The molecule has 0 spiro atoms. The van der Waals surface area contributed by atoms with Crippen molar-refractivity contribution in [2.24, 2.45) is 0 Å². The van der Waals surface area contributed by atoms with Crippen molar-refractivity contribution < 1.29 is 14.3 Å². The van der Waals surface area contributed by atoms with Gasteiger partial charge in [0.05, 0.1) is 28.4 Å². The van der Waals surface area contributed by atoms with Crippen LogP contribution in [0.25, 0.3) is 5.52 Å². The Morgan fingerprint density at radius 1 is 1.09 bits per heavy atom. The Labute approximate surface area is 192 Å². The minimum absolute atomic E-state index is 0.0138. The zero-order valence-electron chi connectivity index (χ0n) is 16.4. The van der Waals surface area contributed by atoms with Crippen LogP contribution < -0.4 is 10.0 Å². The minimum atomic E-state index is -0.932. The summed E-state index contributed by atoms with van der Waals surface area (Å²) < 4.78 is 2.24. The topological polar surface area (TPSA) is 101 Å². The number of rotatable bonds is 5. The zero-order valence-corrected chi connectivity index (χ0v) is 17.9. The normalized spacial score (nSPS) is 10.7. The van der Waals surface area contributed by atoms with Crippen molar-refractivity contribution in [2.45, 2.75) is 6.42 Å². The molecule has 32 heavy (non-hydrogen) atoms. The van der Waals surface area contributed by atoms with E-state index in [-0.39, 0.29) is 21.3 Å². The second-order valence-corrected chi connectivity index (χ2v) is 7.78. The monoisotopic (exact) mass is 464 g/mol. The fourth-order valence-corrected chi connectivity index (χ4v) is 3.90. The Kier molecular flexibility index (Phi) is 5.82. The molecule has 4 rings (SSSR count). The van der Waals surface area contributed by atoms with Crippen molar-refractivity contribution in [2.75, 3.05) is 5.32 Å².